The van der Waals surface area contributed by atoms with Gasteiger partial charge in [0.1, 0.15) is 0 Å². The van der Waals surface area contributed by atoms with Crippen LogP contribution in [0.25, 0.3) is 0 Å². The Bertz CT molecular complexity index is 274. The maximum absolute atomic E-state index is 2.48. The highest BCUT2D eigenvalue weighted by Gasteiger charge is 2.40. The van der Waals surface area contributed by atoms with Crippen LogP contribution in [0.15, 0.2) is 11.1 Å². The molecule has 0 nitrogen and oxygen atoms in total. The van der Waals surface area contributed by atoms with E-state index in [0.717, 1.165) is 23.7 Å². The van der Waals surface area contributed by atoms with Gasteiger partial charge in [-0.2, -0.15) is 0 Å². The predicted octanol–water partition coefficient (Wildman–Crippen LogP) is 4.17. The second kappa shape index (κ2) is 3.12. The summed E-state index contributed by atoms with van der Waals surface area (Å²) in [6.07, 6.45) is 8.90. The number of rotatable bonds is 0. The van der Waals surface area contributed by atoms with Gasteiger partial charge in [-0.3, -0.25) is 0 Å². The molecule has 0 aliphatic heterocycles. The van der Waals surface area contributed by atoms with Crippen LogP contribution in [0.1, 0.15) is 52.4 Å². The highest BCUT2D eigenvalue weighted by atomic mass is 14.5. The van der Waals surface area contributed by atoms with Crippen molar-refractivity contribution in [3.63, 3.8) is 0 Å². The van der Waals surface area contributed by atoms with E-state index in [-0.39, 0.29) is 0 Å². The van der Waals surface area contributed by atoms with Crippen molar-refractivity contribution in [3.05, 3.63) is 11.1 Å². The molecule has 0 saturated heterocycles. The van der Waals surface area contributed by atoms with Crippen LogP contribution in [-0.2, 0) is 0 Å². The molecule has 4 rings (SSSR count). The van der Waals surface area contributed by atoms with Gasteiger partial charge in [-0.1, -0.05) is 25.0 Å². The van der Waals surface area contributed by atoms with Crippen LogP contribution in [0.4, 0.5) is 0 Å². The number of hydrogen-bond donors (Lipinski definition) is 0. The molecule has 0 radical (unpaired) electrons. The summed E-state index contributed by atoms with van der Waals surface area (Å²) in [6.45, 7) is 4.92. The van der Waals surface area contributed by atoms with Gasteiger partial charge in [-0.15, -0.1) is 0 Å². The molecule has 0 aromatic heterocycles. The van der Waals surface area contributed by atoms with Crippen LogP contribution in [0.2, 0.25) is 0 Å². The first-order chi connectivity index (χ1) is 6.75. The van der Waals surface area contributed by atoms with Crippen molar-refractivity contribution in [2.24, 2.45) is 23.7 Å². The van der Waals surface area contributed by atoms with Crippen LogP contribution in [0.3, 0.4) is 0 Å². The molecule has 0 heteroatoms. The van der Waals surface area contributed by atoms with Gasteiger partial charge in [0.05, 0.1) is 0 Å². The topological polar surface area (TPSA) is 0 Å². The van der Waals surface area contributed by atoms with Gasteiger partial charge in [-0.05, 0) is 62.2 Å². The summed E-state index contributed by atoms with van der Waals surface area (Å²) in [6, 6.07) is 0. The van der Waals surface area contributed by atoms with E-state index in [0.29, 0.717) is 0 Å². The van der Waals surface area contributed by atoms with E-state index in [1.54, 1.807) is 0 Å². The minimum Gasteiger partial charge on any atom is -0.0673 e. The fourth-order valence-corrected chi connectivity index (χ4v) is 4.25. The Morgan fingerprint density at radius 2 is 1.86 bits per heavy atom. The lowest BCUT2D eigenvalue weighted by atomic mass is 9.58. The first-order valence-electron chi connectivity index (χ1n) is 6.47. The maximum atomic E-state index is 2.48. The van der Waals surface area contributed by atoms with Gasteiger partial charge in [0, 0.05) is 0 Å². The highest BCUT2D eigenvalue weighted by molar-refractivity contribution is 5.29. The summed E-state index contributed by atoms with van der Waals surface area (Å²) >= 11 is 0. The maximum Gasteiger partial charge on any atom is -0.0174 e. The number of hydrogen-bond acceptors (Lipinski definition) is 0. The van der Waals surface area contributed by atoms with Crippen molar-refractivity contribution in [1.29, 1.82) is 0 Å². The second-order valence-electron chi connectivity index (χ2n) is 5.99. The van der Waals surface area contributed by atoms with Crippen molar-refractivity contribution in [2.75, 3.05) is 0 Å². The number of allylic oxidation sites excluding steroid dienone is 2. The Kier molecular flexibility index (Phi) is 2.00. The Balaban J connectivity index is 1.97. The van der Waals surface area contributed by atoms with E-state index in [1.807, 2.05) is 11.1 Å². The second-order valence-corrected chi connectivity index (χ2v) is 5.99. The van der Waals surface area contributed by atoms with Crippen molar-refractivity contribution < 1.29 is 0 Å². The lowest BCUT2D eigenvalue weighted by Gasteiger charge is -2.47. The van der Waals surface area contributed by atoms with Crippen LogP contribution in [0, 0.1) is 23.7 Å². The van der Waals surface area contributed by atoms with Gasteiger partial charge >= 0.3 is 0 Å². The molecular formula is C14H22. The average Bonchev–Trinajstić information content (AvgIpc) is 2.18. The van der Waals surface area contributed by atoms with Gasteiger partial charge in [0.25, 0.3) is 0 Å². The van der Waals surface area contributed by atoms with Crippen molar-refractivity contribution >= 4 is 0 Å². The van der Waals surface area contributed by atoms with E-state index < -0.39 is 0 Å². The van der Waals surface area contributed by atoms with E-state index >= 15 is 0 Å². The SMILES string of the molecule is CC1CCC2=C(C1)C1CCC2C(C)C1. The molecule has 78 valence electrons. The van der Waals surface area contributed by atoms with Crippen molar-refractivity contribution in [3.8, 4) is 0 Å². The molecule has 1 saturated carbocycles. The minimum absolute atomic E-state index is 0.975. The molecule has 4 unspecified atom stereocenters. The summed E-state index contributed by atoms with van der Waals surface area (Å²) < 4.78 is 0. The summed E-state index contributed by atoms with van der Waals surface area (Å²) in [5.41, 5.74) is 3.86. The average molecular weight is 190 g/mol. The molecule has 0 aromatic carbocycles. The van der Waals surface area contributed by atoms with Crippen LogP contribution < -0.4 is 0 Å². The Morgan fingerprint density at radius 3 is 2.64 bits per heavy atom. The van der Waals surface area contributed by atoms with Crippen LogP contribution >= 0.6 is 0 Å². The Labute approximate surface area is 87.8 Å². The molecule has 4 aliphatic carbocycles. The monoisotopic (exact) mass is 190 g/mol. The van der Waals surface area contributed by atoms with E-state index in [9.17, 15) is 0 Å². The molecule has 0 N–H and O–H groups in total. The smallest absolute Gasteiger partial charge is 0.0174 e. The molecule has 0 spiro atoms. The molecule has 1 fully saturated rings. The summed E-state index contributed by atoms with van der Waals surface area (Å²) in [4.78, 5) is 0. The van der Waals surface area contributed by atoms with E-state index in [1.165, 1.54) is 38.5 Å². The van der Waals surface area contributed by atoms with Crippen LogP contribution in [-0.4, -0.2) is 0 Å². The van der Waals surface area contributed by atoms with Gasteiger partial charge in [0.15, 0.2) is 0 Å². The normalized spacial score (nSPS) is 46.7. The van der Waals surface area contributed by atoms with Gasteiger partial charge in [-0.25, -0.2) is 0 Å². The van der Waals surface area contributed by atoms with Gasteiger partial charge < -0.3 is 0 Å². The Morgan fingerprint density at radius 1 is 1.00 bits per heavy atom. The largest absolute Gasteiger partial charge is 0.0673 e. The molecule has 0 amide bonds. The zero-order valence-electron chi connectivity index (χ0n) is 9.55. The predicted molar refractivity (Wildman–Crippen MR) is 60.0 cm³/mol. The highest BCUT2D eigenvalue weighted by Crippen LogP contribution is 2.53. The fourth-order valence-electron chi connectivity index (χ4n) is 4.25. The zero-order chi connectivity index (χ0) is 9.71. The minimum atomic E-state index is 0.975. The molecule has 0 heterocycles. The first kappa shape index (κ1) is 9.00. The summed E-state index contributed by atoms with van der Waals surface area (Å²) in [5, 5.41) is 0. The third kappa shape index (κ3) is 1.19. The first-order valence-corrected chi connectivity index (χ1v) is 6.47. The molecule has 4 aliphatic rings. The van der Waals surface area contributed by atoms with Crippen LogP contribution in [0.5, 0.6) is 0 Å². The fraction of sp³-hybridized carbons (Fsp3) is 0.857. The van der Waals surface area contributed by atoms with E-state index in [2.05, 4.69) is 13.8 Å². The quantitative estimate of drug-likeness (QED) is 0.503. The molecular weight excluding hydrogens is 168 g/mol. The van der Waals surface area contributed by atoms with Crippen molar-refractivity contribution in [1.82, 2.24) is 0 Å². The third-order valence-electron chi connectivity index (χ3n) is 5.00. The third-order valence-corrected chi connectivity index (χ3v) is 5.00. The lowest BCUT2D eigenvalue weighted by molar-refractivity contribution is 0.186. The zero-order valence-corrected chi connectivity index (χ0v) is 9.55. The Hall–Kier alpha value is -0.260. The lowest BCUT2D eigenvalue weighted by Crippen LogP contribution is -2.35. The summed E-state index contributed by atoms with van der Waals surface area (Å²) in [5.74, 6) is 3.99. The molecule has 4 atom stereocenters. The molecule has 2 bridgehead atoms. The van der Waals surface area contributed by atoms with Crippen molar-refractivity contribution in [2.45, 2.75) is 52.4 Å². The van der Waals surface area contributed by atoms with Gasteiger partial charge in [0.2, 0.25) is 0 Å². The van der Waals surface area contributed by atoms with E-state index in [4.69, 9.17) is 0 Å². The molecule has 14 heavy (non-hydrogen) atoms. The molecule has 0 aromatic rings. The standard InChI is InChI=1S/C14H22/c1-9-3-5-13-12-6-4-11(8-10(12)2)14(13)7-9/h9-12H,3-8H2,1-2H3. The summed E-state index contributed by atoms with van der Waals surface area (Å²) in [7, 11) is 0. The number of fused-ring (bicyclic) bond motifs is 2.